The second-order valence-electron chi connectivity index (χ2n) is 6.80. The van der Waals surface area contributed by atoms with Gasteiger partial charge >= 0.3 is 6.18 Å². The molecule has 2 heterocycles. The highest BCUT2D eigenvalue weighted by Gasteiger charge is 2.37. The Kier molecular flexibility index (Phi) is 6.12. The quantitative estimate of drug-likeness (QED) is 0.558. The molecule has 2 aromatic rings. The summed E-state index contributed by atoms with van der Waals surface area (Å²) in [6, 6.07) is 8.05. The van der Waals surface area contributed by atoms with Crippen molar-refractivity contribution >= 4 is 34.7 Å². The number of aliphatic imine (C=N–C) groups is 1. The number of alkyl halides is 3. The van der Waals surface area contributed by atoms with Crippen LogP contribution in [-0.2, 0) is 6.18 Å². The van der Waals surface area contributed by atoms with Crippen molar-refractivity contribution in [3.8, 4) is 0 Å². The van der Waals surface area contributed by atoms with E-state index in [1.807, 2.05) is 19.1 Å². The third-order valence-corrected chi connectivity index (χ3v) is 5.21. The van der Waals surface area contributed by atoms with E-state index in [9.17, 15) is 18.0 Å². The highest BCUT2D eigenvalue weighted by atomic mass is 35.5. The van der Waals surface area contributed by atoms with E-state index in [4.69, 9.17) is 17.4 Å². The van der Waals surface area contributed by atoms with E-state index in [0.717, 1.165) is 17.8 Å². The number of benzene rings is 1. The van der Waals surface area contributed by atoms with E-state index < -0.39 is 28.7 Å². The zero-order chi connectivity index (χ0) is 22.1. The van der Waals surface area contributed by atoms with Gasteiger partial charge in [-0.1, -0.05) is 23.7 Å². The molecule has 2 N–H and O–H groups in total. The number of halogens is 4. The number of nitrogens with zero attached hydrogens (tertiary/aromatic N) is 4. The van der Waals surface area contributed by atoms with Gasteiger partial charge in [0.25, 0.3) is 5.91 Å². The molecule has 10 heteroatoms. The van der Waals surface area contributed by atoms with Crippen LogP contribution in [0.15, 0.2) is 46.5 Å². The van der Waals surface area contributed by atoms with Gasteiger partial charge in [0.2, 0.25) is 0 Å². The Hall–Kier alpha value is -2.94. The summed E-state index contributed by atoms with van der Waals surface area (Å²) >= 11 is 5.92. The lowest BCUT2D eigenvalue weighted by molar-refractivity contribution is -0.137. The topological polar surface area (TPSA) is 83.9 Å². The first-order valence-corrected chi connectivity index (χ1v) is 9.47. The molecule has 0 bridgehead atoms. The molecule has 6 nitrogen and oxygen atoms in total. The molecule has 1 aliphatic rings. The van der Waals surface area contributed by atoms with Crippen molar-refractivity contribution in [1.29, 1.82) is 0 Å². The summed E-state index contributed by atoms with van der Waals surface area (Å²) in [7, 11) is 0. The van der Waals surface area contributed by atoms with Gasteiger partial charge < -0.3 is 10.7 Å². The molecule has 3 rings (SSSR count). The Morgan fingerprint density at radius 2 is 1.97 bits per heavy atom. The fourth-order valence-corrected chi connectivity index (χ4v) is 3.62. The van der Waals surface area contributed by atoms with Gasteiger partial charge in [-0.25, -0.2) is 9.98 Å². The van der Waals surface area contributed by atoms with Gasteiger partial charge in [0.15, 0.2) is 5.82 Å². The first-order valence-electron chi connectivity index (χ1n) is 9.09. The predicted molar refractivity (Wildman–Crippen MR) is 109 cm³/mol. The van der Waals surface area contributed by atoms with Gasteiger partial charge in [-0.05, 0) is 38.1 Å². The molecule has 0 saturated carbocycles. The highest BCUT2D eigenvalue weighted by Crippen LogP contribution is 2.37. The Balaban J connectivity index is 1.91. The Morgan fingerprint density at radius 3 is 2.60 bits per heavy atom. The minimum absolute atomic E-state index is 0.218. The van der Waals surface area contributed by atoms with Crippen molar-refractivity contribution in [2.24, 2.45) is 15.9 Å². The maximum absolute atomic E-state index is 13.1. The van der Waals surface area contributed by atoms with E-state index >= 15 is 0 Å². The third kappa shape index (κ3) is 4.30. The average Bonchev–Trinajstić information content (AvgIpc) is 2.67. The molecule has 30 heavy (non-hydrogen) atoms. The van der Waals surface area contributed by atoms with E-state index in [2.05, 4.69) is 15.1 Å². The summed E-state index contributed by atoms with van der Waals surface area (Å²) in [6.07, 6.45) is -4.34. The van der Waals surface area contributed by atoms with Crippen LogP contribution < -0.4 is 5.84 Å². The molecule has 0 aliphatic carbocycles. The van der Waals surface area contributed by atoms with Crippen LogP contribution in [0.2, 0.25) is 5.02 Å². The fourth-order valence-electron chi connectivity index (χ4n) is 3.31. The standard InChI is InChI=1S/C20H19ClF3N5O/c1-11-5-3-8-16(26-11)27-15-9-10-29(12(2)18(15)28-25)19(30)13-6-4-7-14(17(13)21)20(22,23)24/h3-8,12H,9-10,25H2,1-2H3/t12-/m0/s1. The summed E-state index contributed by atoms with van der Waals surface area (Å²) in [5.74, 6) is 5.41. The minimum Gasteiger partial charge on any atom is -0.330 e. The molecule has 1 amide bonds. The molecule has 1 aromatic carbocycles. The van der Waals surface area contributed by atoms with Gasteiger partial charge in [-0.15, -0.1) is 0 Å². The van der Waals surface area contributed by atoms with Gasteiger partial charge in [-0.2, -0.15) is 18.3 Å². The second kappa shape index (κ2) is 8.43. The first-order chi connectivity index (χ1) is 14.1. The lowest BCUT2D eigenvalue weighted by Gasteiger charge is -2.35. The SMILES string of the molecule is Cc1cccc(N=C2CCN(C(=O)c3cccc(C(F)(F)F)c3Cl)[C@@H](C)C2=NN)n1. The number of pyridine rings is 1. The number of amides is 1. The molecule has 1 aliphatic heterocycles. The zero-order valence-electron chi connectivity index (χ0n) is 16.2. The first kappa shape index (κ1) is 21.8. The summed E-state index contributed by atoms with van der Waals surface area (Å²) < 4.78 is 39.4. The number of rotatable bonds is 2. The van der Waals surface area contributed by atoms with Crippen molar-refractivity contribution in [3.05, 3.63) is 58.2 Å². The van der Waals surface area contributed by atoms with Crippen LogP contribution in [-0.4, -0.2) is 39.8 Å². The summed E-state index contributed by atoms with van der Waals surface area (Å²) in [4.78, 5) is 23.2. The van der Waals surface area contributed by atoms with E-state index in [0.29, 0.717) is 23.7 Å². The lowest BCUT2D eigenvalue weighted by Crippen LogP contribution is -2.51. The minimum atomic E-state index is -4.66. The maximum Gasteiger partial charge on any atom is 0.417 e. The van der Waals surface area contributed by atoms with Crippen molar-refractivity contribution in [1.82, 2.24) is 9.88 Å². The molecule has 1 saturated heterocycles. The number of carbonyl (C=O) groups is 1. The Labute approximate surface area is 176 Å². The fraction of sp³-hybridized carbons (Fsp3) is 0.300. The van der Waals surface area contributed by atoms with Gasteiger partial charge in [0.1, 0.15) is 5.71 Å². The maximum atomic E-state index is 13.1. The molecule has 1 atom stereocenters. The smallest absolute Gasteiger partial charge is 0.330 e. The average molecular weight is 438 g/mol. The van der Waals surface area contributed by atoms with Crippen LogP contribution in [0.25, 0.3) is 0 Å². The summed E-state index contributed by atoms with van der Waals surface area (Å²) in [5.41, 5.74) is 0.446. The number of piperidine rings is 1. The molecule has 0 radical (unpaired) electrons. The normalized spacial score (nSPS) is 20.1. The van der Waals surface area contributed by atoms with Crippen molar-refractivity contribution in [2.75, 3.05) is 6.54 Å². The van der Waals surface area contributed by atoms with Crippen molar-refractivity contribution in [2.45, 2.75) is 32.5 Å². The van der Waals surface area contributed by atoms with Gasteiger partial charge in [-0.3, -0.25) is 4.79 Å². The van der Waals surface area contributed by atoms with Crippen molar-refractivity contribution < 1.29 is 18.0 Å². The number of carbonyl (C=O) groups excluding carboxylic acids is 1. The molecule has 0 spiro atoms. The van der Waals surface area contributed by atoms with Crippen LogP contribution >= 0.6 is 11.6 Å². The summed E-state index contributed by atoms with van der Waals surface area (Å²) in [5, 5.41) is 3.16. The molecule has 158 valence electrons. The summed E-state index contributed by atoms with van der Waals surface area (Å²) in [6.45, 7) is 3.74. The monoisotopic (exact) mass is 437 g/mol. The number of aromatic nitrogens is 1. The number of hydrazone groups is 1. The molecule has 1 aromatic heterocycles. The number of hydrogen-bond acceptors (Lipinski definition) is 5. The van der Waals surface area contributed by atoms with Crippen LogP contribution in [0.1, 0.15) is 35.0 Å². The largest absolute Gasteiger partial charge is 0.417 e. The molecule has 0 unspecified atom stereocenters. The Morgan fingerprint density at radius 1 is 1.27 bits per heavy atom. The van der Waals surface area contributed by atoms with Crippen LogP contribution in [0, 0.1) is 6.92 Å². The zero-order valence-corrected chi connectivity index (χ0v) is 17.0. The van der Waals surface area contributed by atoms with Gasteiger partial charge in [0, 0.05) is 18.7 Å². The molecular formula is C20H19ClF3N5O. The highest BCUT2D eigenvalue weighted by molar-refractivity contribution is 6.45. The molecular weight excluding hydrogens is 419 g/mol. The molecule has 1 fully saturated rings. The second-order valence-corrected chi connectivity index (χ2v) is 7.18. The van der Waals surface area contributed by atoms with Crippen LogP contribution in [0.5, 0.6) is 0 Å². The number of hydrogen-bond donors (Lipinski definition) is 1. The Bertz CT molecular complexity index is 1040. The van der Waals surface area contributed by atoms with Crippen LogP contribution in [0.3, 0.4) is 0 Å². The van der Waals surface area contributed by atoms with E-state index in [-0.39, 0.29) is 12.1 Å². The van der Waals surface area contributed by atoms with Crippen LogP contribution in [0.4, 0.5) is 19.0 Å². The number of aryl methyl sites for hydroxylation is 1. The van der Waals surface area contributed by atoms with E-state index in [1.54, 1.807) is 13.0 Å². The van der Waals surface area contributed by atoms with E-state index in [1.165, 1.54) is 11.0 Å². The van der Waals surface area contributed by atoms with Gasteiger partial charge in [0.05, 0.1) is 27.9 Å². The third-order valence-electron chi connectivity index (χ3n) is 4.81. The number of likely N-dealkylation sites (tertiary alicyclic amines) is 1. The van der Waals surface area contributed by atoms with Crippen molar-refractivity contribution in [3.63, 3.8) is 0 Å². The number of nitrogens with two attached hydrogens (primary N) is 1. The predicted octanol–water partition coefficient (Wildman–Crippen LogP) is 4.38. The lowest BCUT2D eigenvalue weighted by atomic mass is 9.97.